The van der Waals surface area contributed by atoms with Gasteiger partial charge in [0, 0.05) is 39.5 Å². The minimum Gasteiger partial charge on any atom is -0.479 e. The van der Waals surface area contributed by atoms with E-state index in [1.807, 2.05) is 0 Å². The molecule has 11 heteroatoms. The van der Waals surface area contributed by atoms with Gasteiger partial charge in [-0.1, -0.05) is 23.2 Å². The number of carboxylic acid groups (broad SMARTS) is 1. The van der Waals surface area contributed by atoms with Gasteiger partial charge in [-0.25, -0.2) is 4.79 Å². The molecular formula is C26H18Cl2F3NO5. The van der Waals surface area contributed by atoms with Crippen LogP contribution in [0.15, 0.2) is 60.7 Å². The fourth-order valence-corrected chi connectivity index (χ4v) is 4.21. The van der Waals surface area contributed by atoms with Gasteiger partial charge in [-0.3, -0.25) is 4.79 Å². The number of rotatable bonds is 7. The van der Waals surface area contributed by atoms with Crippen LogP contribution < -0.4 is 9.47 Å². The summed E-state index contributed by atoms with van der Waals surface area (Å²) in [7, 11) is 0. The fourth-order valence-electron chi connectivity index (χ4n) is 3.92. The van der Waals surface area contributed by atoms with E-state index < -0.39 is 24.2 Å². The van der Waals surface area contributed by atoms with Crippen LogP contribution in [0.25, 0.3) is 16.6 Å². The van der Waals surface area contributed by atoms with Crippen LogP contribution in [0.4, 0.5) is 13.2 Å². The summed E-state index contributed by atoms with van der Waals surface area (Å²) in [6, 6.07) is 14.4. The number of carbonyl (C=O) groups excluding carboxylic acids is 1. The van der Waals surface area contributed by atoms with Gasteiger partial charge in [-0.2, -0.15) is 0 Å². The second-order valence-electron chi connectivity index (χ2n) is 8.07. The van der Waals surface area contributed by atoms with Gasteiger partial charge in [-0.05, 0) is 62.4 Å². The van der Waals surface area contributed by atoms with Crippen LogP contribution in [0, 0.1) is 6.92 Å². The molecule has 0 aliphatic carbocycles. The smallest absolute Gasteiger partial charge is 0.479 e. The van der Waals surface area contributed by atoms with Crippen LogP contribution in [-0.4, -0.2) is 33.9 Å². The number of hydrogen-bond donors (Lipinski definition) is 1. The first-order valence-electron chi connectivity index (χ1n) is 10.8. The largest absolute Gasteiger partial charge is 0.573 e. The monoisotopic (exact) mass is 551 g/mol. The van der Waals surface area contributed by atoms with Crippen molar-refractivity contribution in [2.75, 3.05) is 0 Å². The Balaban J connectivity index is 1.94. The molecule has 0 saturated heterocycles. The maximum atomic E-state index is 13.5. The van der Waals surface area contributed by atoms with Crippen molar-refractivity contribution in [2.45, 2.75) is 26.3 Å². The average Bonchev–Trinajstić information content (AvgIpc) is 3.10. The third-order valence-electron chi connectivity index (χ3n) is 5.57. The van der Waals surface area contributed by atoms with E-state index in [0.717, 1.165) is 6.07 Å². The van der Waals surface area contributed by atoms with Crippen LogP contribution >= 0.6 is 23.2 Å². The van der Waals surface area contributed by atoms with E-state index in [1.165, 1.54) is 31.2 Å². The summed E-state index contributed by atoms with van der Waals surface area (Å²) >= 11 is 12.1. The lowest BCUT2D eigenvalue weighted by atomic mass is 10.0. The van der Waals surface area contributed by atoms with Crippen molar-refractivity contribution >= 4 is 45.9 Å². The van der Waals surface area contributed by atoms with Crippen molar-refractivity contribution in [3.05, 3.63) is 87.5 Å². The number of halogens is 5. The molecule has 0 saturated carbocycles. The summed E-state index contributed by atoms with van der Waals surface area (Å²) in [5, 5.41) is 10.1. The summed E-state index contributed by atoms with van der Waals surface area (Å²) < 4.78 is 49.9. The first-order chi connectivity index (χ1) is 17.4. The Morgan fingerprint density at radius 2 is 1.68 bits per heavy atom. The number of nitrogens with zero attached hydrogens (tertiary/aromatic N) is 1. The lowest BCUT2D eigenvalue weighted by Gasteiger charge is -2.15. The molecular weight excluding hydrogens is 534 g/mol. The van der Waals surface area contributed by atoms with Crippen LogP contribution in [0.3, 0.4) is 0 Å². The summed E-state index contributed by atoms with van der Waals surface area (Å²) in [6.45, 7) is 2.97. The molecule has 1 aromatic heterocycles. The van der Waals surface area contributed by atoms with E-state index in [9.17, 15) is 27.9 Å². The zero-order chi connectivity index (χ0) is 27.1. The number of carbonyl (C=O) groups is 2. The third kappa shape index (κ3) is 5.52. The predicted octanol–water partition coefficient (Wildman–Crippen LogP) is 7.23. The number of carboxylic acids is 1. The van der Waals surface area contributed by atoms with Crippen LogP contribution in [0.2, 0.25) is 10.0 Å². The highest BCUT2D eigenvalue weighted by Crippen LogP contribution is 2.37. The van der Waals surface area contributed by atoms with Crippen molar-refractivity contribution in [2.24, 2.45) is 0 Å². The molecule has 3 aromatic carbocycles. The molecule has 37 heavy (non-hydrogen) atoms. The van der Waals surface area contributed by atoms with E-state index in [2.05, 4.69) is 4.74 Å². The number of alkyl halides is 3. The second kappa shape index (κ2) is 9.99. The van der Waals surface area contributed by atoms with E-state index in [1.54, 1.807) is 41.8 Å². The van der Waals surface area contributed by atoms with Crippen molar-refractivity contribution in [1.29, 1.82) is 0 Å². The lowest BCUT2D eigenvalue weighted by molar-refractivity contribution is -0.274. The Morgan fingerprint density at radius 1 is 1.00 bits per heavy atom. The van der Waals surface area contributed by atoms with Gasteiger partial charge in [-0.15, -0.1) is 13.2 Å². The van der Waals surface area contributed by atoms with E-state index >= 15 is 0 Å². The first-order valence-corrected chi connectivity index (χ1v) is 11.5. The van der Waals surface area contributed by atoms with Crippen molar-refractivity contribution in [1.82, 2.24) is 4.57 Å². The molecule has 1 heterocycles. The SMILES string of the molecule is Cc1c(C(=O)c2ccc(Cl)cc2)c2ccc(OC(F)(F)F)cc2n1-c1ccc(Cl)c(O[C@@H](C)C(=O)O)c1. The predicted molar refractivity (Wildman–Crippen MR) is 132 cm³/mol. The fraction of sp³-hybridized carbons (Fsp3) is 0.154. The summed E-state index contributed by atoms with van der Waals surface area (Å²) in [5.74, 6) is -2.01. The highest BCUT2D eigenvalue weighted by molar-refractivity contribution is 6.32. The number of fused-ring (bicyclic) bond motifs is 1. The maximum Gasteiger partial charge on any atom is 0.573 e. The van der Waals surface area contributed by atoms with Crippen LogP contribution in [0.1, 0.15) is 28.5 Å². The molecule has 4 aromatic rings. The number of ketones is 1. The normalized spacial score (nSPS) is 12.4. The number of aliphatic carboxylic acids is 1. The molecule has 1 atom stereocenters. The van der Waals surface area contributed by atoms with Gasteiger partial charge in [0.15, 0.2) is 11.9 Å². The van der Waals surface area contributed by atoms with Gasteiger partial charge in [0.05, 0.1) is 16.1 Å². The molecule has 0 unspecified atom stereocenters. The summed E-state index contributed by atoms with van der Waals surface area (Å²) in [5.41, 5.74) is 1.62. The maximum absolute atomic E-state index is 13.5. The Labute approximate surface area is 218 Å². The average molecular weight is 552 g/mol. The standard InChI is InChI=1S/C26H18Cl2F3NO5/c1-13-23(24(33)15-3-5-16(27)6-4-15)19-9-8-18(37-26(29,30)31)12-21(19)32(13)17-7-10-20(28)22(11-17)36-14(2)25(34)35/h3-12,14H,1-2H3,(H,34,35)/t14-/m0/s1. The molecule has 0 radical (unpaired) electrons. The topological polar surface area (TPSA) is 77.8 Å². The van der Waals surface area contributed by atoms with E-state index in [0.29, 0.717) is 27.4 Å². The van der Waals surface area contributed by atoms with Gasteiger partial charge in [0.1, 0.15) is 11.5 Å². The summed E-state index contributed by atoms with van der Waals surface area (Å²) in [6.07, 6.45) is -6.14. The first kappa shape index (κ1) is 26.4. The molecule has 192 valence electrons. The Bertz CT molecular complexity index is 1510. The molecule has 0 spiro atoms. The Kier molecular flexibility index (Phi) is 7.12. The zero-order valence-electron chi connectivity index (χ0n) is 19.3. The number of aromatic nitrogens is 1. The number of hydrogen-bond acceptors (Lipinski definition) is 4. The van der Waals surface area contributed by atoms with Crippen LogP contribution in [-0.2, 0) is 4.79 Å². The Hall–Kier alpha value is -3.69. The quantitative estimate of drug-likeness (QED) is 0.245. The van der Waals surface area contributed by atoms with Gasteiger partial charge in [0.2, 0.25) is 0 Å². The van der Waals surface area contributed by atoms with Gasteiger partial charge >= 0.3 is 12.3 Å². The van der Waals surface area contributed by atoms with Crippen molar-refractivity contribution in [3.8, 4) is 17.2 Å². The molecule has 4 rings (SSSR count). The highest BCUT2D eigenvalue weighted by Gasteiger charge is 2.32. The molecule has 0 amide bonds. The molecule has 0 bridgehead atoms. The molecule has 0 fully saturated rings. The van der Waals surface area contributed by atoms with E-state index in [-0.39, 0.29) is 27.6 Å². The lowest BCUT2D eigenvalue weighted by Crippen LogP contribution is -2.23. The third-order valence-corrected chi connectivity index (χ3v) is 6.13. The molecule has 1 N–H and O–H groups in total. The molecule has 0 aliphatic heterocycles. The second-order valence-corrected chi connectivity index (χ2v) is 8.92. The minimum atomic E-state index is -4.92. The highest BCUT2D eigenvalue weighted by atomic mass is 35.5. The van der Waals surface area contributed by atoms with Gasteiger partial charge < -0.3 is 19.1 Å². The van der Waals surface area contributed by atoms with Crippen LogP contribution in [0.5, 0.6) is 11.5 Å². The minimum absolute atomic E-state index is 0.0450. The van der Waals surface area contributed by atoms with Crippen molar-refractivity contribution in [3.63, 3.8) is 0 Å². The number of benzene rings is 3. The molecule has 0 aliphatic rings. The Morgan fingerprint density at radius 3 is 2.30 bits per heavy atom. The summed E-state index contributed by atoms with van der Waals surface area (Å²) in [4.78, 5) is 24.8. The molecule has 6 nitrogen and oxygen atoms in total. The zero-order valence-corrected chi connectivity index (χ0v) is 20.8. The van der Waals surface area contributed by atoms with Gasteiger partial charge in [0.25, 0.3) is 0 Å². The van der Waals surface area contributed by atoms with E-state index in [4.69, 9.17) is 27.9 Å². The number of ether oxygens (including phenoxy) is 2. The van der Waals surface area contributed by atoms with Crippen molar-refractivity contribution < 1.29 is 37.3 Å².